The SMILES string of the molecule is Cc1ccc(-c2c(N)cnn2C)c(O)c1. The predicted molar refractivity (Wildman–Crippen MR) is 59.5 cm³/mol. The van der Waals surface area contributed by atoms with Gasteiger partial charge in [0.15, 0.2) is 0 Å². The largest absolute Gasteiger partial charge is 0.507 e. The van der Waals surface area contributed by atoms with Crippen molar-refractivity contribution < 1.29 is 5.11 Å². The zero-order valence-electron chi connectivity index (χ0n) is 8.73. The molecule has 78 valence electrons. The van der Waals surface area contributed by atoms with Gasteiger partial charge < -0.3 is 10.8 Å². The molecule has 0 aliphatic heterocycles. The molecule has 2 rings (SSSR count). The van der Waals surface area contributed by atoms with E-state index in [0.29, 0.717) is 11.3 Å². The van der Waals surface area contributed by atoms with E-state index in [-0.39, 0.29) is 5.75 Å². The van der Waals surface area contributed by atoms with Gasteiger partial charge in [-0.25, -0.2) is 0 Å². The third kappa shape index (κ3) is 1.54. The lowest BCUT2D eigenvalue weighted by atomic mass is 10.1. The molecule has 4 nitrogen and oxygen atoms in total. The molecular weight excluding hydrogens is 190 g/mol. The number of hydrogen-bond donors (Lipinski definition) is 2. The van der Waals surface area contributed by atoms with Gasteiger partial charge in [-0.2, -0.15) is 5.10 Å². The average molecular weight is 203 g/mol. The van der Waals surface area contributed by atoms with Crippen LogP contribution in [-0.2, 0) is 7.05 Å². The van der Waals surface area contributed by atoms with Gasteiger partial charge >= 0.3 is 0 Å². The van der Waals surface area contributed by atoms with Gasteiger partial charge in [-0.3, -0.25) is 4.68 Å². The highest BCUT2D eigenvalue weighted by molar-refractivity contribution is 5.77. The van der Waals surface area contributed by atoms with Crippen molar-refractivity contribution >= 4 is 5.69 Å². The Morgan fingerprint density at radius 3 is 2.67 bits per heavy atom. The van der Waals surface area contributed by atoms with E-state index in [4.69, 9.17) is 5.73 Å². The van der Waals surface area contributed by atoms with E-state index in [1.165, 1.54) is 0 Å². The topological polar surface area (TPSA) is 64.1 Å². The van der Waals surface area contributed by atoms with Gasteiger partial charge in [-0.15, -0.1) is 0 Å². The third-order valence-corrected chi connectivity index (χ3v) is 2.38. The minimum Gasteiger partial charge on any atom is -0.507 e. The number of aryl methyl sites for hydroxylation is 2. The van der Waals surface area contributed by atoms with Crippen LogP contribution < -0.4 is 5.73 Å². The molecule has 0 aliphatic rings. The van der Waals surface area contributed by atoms with Gasteiger partial charge in [-0.05, 0) is 24.6 Å². The number of aromatic nitrogens is 2. The standard InChI is InChI=1S/C11H13N3O/c1-7-3-4-8(10(15)5-7)11-9(12)6-13-14(11)2/h3-6,15H,12H2,1-2H3. The Hall–Kier alpha value is -1.97. The van der Waals surface area contributed by atoms with E-state index in [9.17, 15) is 5.11 Å². The first-order chi connectivity index (χ1) is 7.09. The predicted octanol–water partition coefficient (Wildman–Crippen LogP) is 1.68. The minimum atomic E-state index is 0.227. The summed E-state index contributed by atoms with van der Waals surface area (Å²) >= 11 is 0. The van der Waals surface area contributed by atoms with Crippen molar-refractivity contribution in [2.45, 2.75) is 6.92 Å². The number of phenols is 1. The Morgan fingerprint density at radius 1 is 1.40 bits per heavy atom. The van der Waals surface area contributed by atoms with Gasteiger partial charge in [-0.1, -0.05) is 6.07 Å². The highest BCUT2D eigenvalue weighted by atomic mass is 16.3. The van der Waals surface area contributed by atoms with Crippen LogP contribution in [0.3, 0.4) is 0 Å². The molecule has 0 unspecified atom stereocenters. The molecule has 3 N–H and O–H groups in total. The number of anilines is 1. The summed E-state index contributed by atoms with van der Waals surface area (Å²) in [7, 11) is 1.80. The van der Waals surface area contributed by atoms with Gasteiger partial charge in [0.1, 0.15) is 5.75 Å². The molecule has 1 aromatic heterocycles. The number of nitrogens with zero attached hydrogens (tertiary/aromatic N) is 2. The van der Waals surface area contributed by atoms with Crippen LogP contribution >= 0.6 is 0 Å². The maximum atomic E-state index is 9.82. The number of phenolic OH excluding ortho intramolecular Hbond substituents is 1. The van der Waals surface area contributed by atoms with Crippen molar-refractivity contribution in [1.29, 1.82) is 0 Å². The summed E-state index contributed by atoms with van der Waals surface area (Å²) in [6.07, 6.45) is 1.58. The van der Waals surface area contributed by atoms with Gasteiger partial charge in [0.2, 0.25) is 0 Å². The number of nitrogen functional groups attached to an aromatic ring is 1. The Morgan fingerprint density at radius 2 is 2.13 bits per heavy atom. The molecule has 0 fully saturated rings. The Labute approximate surface area is 88.0 Å². The van der Waals surface area contributed by atoms with Crippen molar-refractivity contribution in [1.82, 2.24) is 9.78 Å². The Balaban J connectivity index is 2.64. The second-order valence-corrected chi connectivity index (χ2v) is 3.59. The lowest BCUT2D eigenvalue weighted by molar-refractivity contribution is 0.476. The van der Waals surface area contributed by atoms with E-state index in [1.807, 2.05) is 19.1 Å². The van der Waals surface area contributed by atoms with E-state index in [0.717, 1.165) is 11.3 Å². The molecule has 0 spiro atoms. The summed E-state index contributed by atoms with van der Waals surface area (Å²) < 4.78 is 1.65. The average Bonchev–Trinajstić information content (AvgIpc) is 2.48. The molecule has 0 bridgehead atoms. The number of nitrogens with two attached hydrogens (primary N) is 1. The monoisotopic (exact) mass is 203 g/mol. The molecule has 4 heteroatoms. The zero-order valence-corrected chi connectivity index (χ0v) is 8.73. The van der Waals surface area contributed by atoms with Gasteiger partial charge in [0.05, 0.1) is 17.6 Å². The van der Waals surface area contributed by atoms with Crippen molar-refractivity contribution in [2.24, 2.45) is 7.05 Å². The van der Waals surface area contributed by atoms with E-state index in [1.54, 1.807) is 24.0 Å². The van der Waals surface area contributed by atoms with E-state index in [2.05, 4.69) is 5.10 Å². The molecule has 0 aliphatic carbocycles. The molecule has 15 heavy (non-hydrogen) atoms. The summed E-state index contributed by atoms with van der Waals surface area (Å²) in [5.74, 6) is 0.227. The normalized spacial score (nSPS) is 10.5. The van der Waals surface area contributed by atoms with Crippen LogP contribution in [0.2, 0.25) is 0 Å². The molecule has 0 saturated carbocycles. The summed E-state index contributed by atoms with van der Waals surface area (Å²) in [5, 5.41) is 13.9. The fourth-order valence-corrected chi connectivity index (χ4v) is 1.63. The molecule has 2 aromatic rings. The number of hydrogen-bond acceptors (Lipinski definition) is 3. The Bertz CT molecular complexity index is 483. The third-order valence-electron chi connectivity index (χ3n) is 2.38. The van der Waals surface area contributed by atoms with Crippen molar-refractivity contribution in [3.05, 3.63) is 30.0 Å². The van der Waals surface area contributed by atoms with E-state index < -0.39 is 0 Å². The number of benzene rings is 1. The lowest BCUT2D eigenvalue weighted by Gasteiger charge is -2.07. The Kier molecular flexibility index (Phi) is 2.11. The summed E-state index contributed by atoms with van der Waals surface area (Å²) in [5.41, 5.74) is 8.81. The summed E-state index contributed by atoms with van der Waals surface area (Å²) in [6.45, 7) is 1.93. The molecule has 0 atom stereocenters. The second-order valence-electron chi connectivity index (χ2n) is 3.59. The molecule has 1 heterocycles. The van der Waals surface area contributed by atoms with Gasteiger partial charge in [0.25, 0.3) is 0 Å². The molecule has 0 radical (unpaired) electrons. The van der Waals surface area contributed by atoms with Crippen molar-refractivity contribution in [3.8, 4) is 17.0 Å². The zero-order chi connectivity index (χ0) is 11.0. The number of aromatic hydroxyl groups is 1. The summed E-state index contributed by atoms with van der Waals surface area (Å²) in [4.78, 5) is 0. The van der Waals surface area contributed by atoms with Crippen molar-refractivity contribution in [3.63, 3.8) is 0 Å². The number of rotatable bonds is 1. The lowest BCUT2D eigenvalue weighted by Crippen LogP contribution is -1.96. The van der Waals surface area contributed by atoms with Crippen LogP contribution in [0.15, 0.2) is 24.4 Å². The van der Waals surface area contributed by atoms with Gasteiger partial charge in [0, 0.05) is 12.6 Å². The molecule has 0 saturated heterocycles. The van der Waals surface area contributed by atoms with Crippen molar-refractivity contribution in [2.75, 3.05) is 5.73 Å². The van der Waals surface area contributed by atoms with Crippen LogP contribution in [0, 0.1) is 6.92 Å². The fourth-order valence-electron chi connectivity index (χ4n) is 1.63. The van der Waals surface area contributed by atoms with Crippen LogP contribution in [0.5, 0.6) is 5.75 Å². The van der Waals surface area contributed by atoms with E-state index >= 15 is 0 Å². The highest BCUT2D eigenvalue weighted by Crippen LogP contribution is 2.32. The summed E-state index contributed by atoms with van der Waals surface area (Å²) in [6, 6.07) is 5.49. The fraction of sp³-hybridized carbons (Fsp3) is 0.182. The first kappa shape index (κ1) is 9.58. The maximum Gasteiger partial charge on any atom is 0.125 e. The first-order valence-electron chi connectivity index (χ1n) is 4.67. The van der Waals surface area contributed by atoms with Crippen LogP contribution in [-0.4, -0.2) is 14.9 Å². The maximum absolute atomic E-state index is 9.82. The smallest absolute Gasteiger partial charge is 0.125 e. The molecular formula is C11H13N3O. The highest BCUT2D eigenvalue weighted by Gasteiger charge is 2.11. The van der Waals surface area contributed by atoms with Crippen LogP contribution in [0.25, 0.3) is 11.3 Å². The van der Waals surface area contributed by atoms with Crippen LogP contribution in [0.4, 0.5) is 5.69 Å². The first-order valence-corrected chi connectivity index (χ1v) is 4.67. The quantitative estimate of drug-likeness (QED) is 0.741. The minimum absolute atomic E-state index is 0.227. The second kappa shape index (κ2) is 3.31. The molecule has 1 aromatic carbocycles. The molecule has 0 amide bonds. The van der Waals surface area contributed by atoms with Crippen LogP contribution in [0.1, 0.15) is 5.56 Å².